The number of furan rings is 1. The van der Waals surface area contributed by atoms with Crippen molar-refractivity contribution in [2.75, 3.05) is 19.6 Å². The Morgan fingerprint density at radius 3 is 1.20 bits per heavy atom. The molecule has 4 aromatic heterocycles. The van der Waals surface area contributed by atoms with E-state index >= 15 is 0 Å². The van der Waals surface area contributed by atoms with Crippen LogP contribution in [-0.2, 0) is 81.2 Å². The van der Waals surface area contributed by atoms with Gasteiger partial charge in [0.05, 0.1) is 26.8 Å². The van der Waals surface area contributed by atoms with E-state index in [9.17, 15) is 0 Å². The minimum atomic E-state index is -0.404. The predicted octanol–water partition coefficient (Wildman–Crippen LogP) is 36.1. The Kier molecular flexibility index (Phi) is 20.0. The lowest BCUT2D eigenvalue weighted by Gasteiger charge is -2.50. The highest BCUT2D eigenvalue weighted by Gasteiger charge is 2.56. The van der Waals surface area contributed by atoms with Crippen molar-refractivity contribution < 1.29 is 4.42 Å². The van der Waals surface area contributed by atoms with Gasteiger partial charge in [0.2, 0.25) is 0 Å². The molecular weight excluding hydrogens is 1840 g/mol. The summed E-state index contributed by atoms with van der Waals surface area (Å²) in [5.41, 5.74) is 45.2. The van der Waals surface area contributed by atoms with Crippen LogP contribution in [0.4, 0.5) is 66.9 Å². The number of fused-ring (bicyclic) bond motifs is 24. The molecule has 6 aliphatic carbocycles. The maximum absolute atomic E-state index is 7.47. The second-order valence-corrected chi connectivity index (χ2v) is 61.6. The number of thiophene rings is 3. The van der Waals surface area contributed by atoms with Crippen molar-refractivity contribution in [3.05, 3.63) is 271 Å². The highest BCUT2D eigenvalue weighted by Crippen LogP contribution is 2.64. The zero-order valence-corrected chi connectivity index (χ0v) is 96.9. The minimum absolute atomic E-state index is 0.0106. The largest absolute Gasteiger partial charge is 0.456 e. The van der Waals surface area contributed by atoms with E-state index in [0.717, 1.165) is 87.2 Å². The third-order valence-electron chi connectivity index (χ3n) is 40.6. The molecule has 752 valence electrons. The molecule has 8 heterocycles. The number of nitrogens with zero attached hydrogens (tertiary/aromatic N) is 4. The summed E-state index contributed by atoms with van der Waals surface area (Å²) >= 11 is 6.12. The van der Waals surface area contributed by atoms with Crippen LogP contribution in [0.2, 0.25) is 0 Å². The van der Waals surface area contributed by atoms with Crippen molar-refractivity contribution in [1.82, 2.24) is 0 Å². The van der Waals surface area contributed by atoms with Crippen molar-refractivity contribution in [3.63, 3.8) is 0 Å². The molecule has 10 heteroatoms. The van der Waals surface area contributed by atoms with Gasteiger partial charge in [-0.25, -0.2) is 0 Å². The maximum atomic E-state index is 7.47. The Balaban J connectivity index is 0.717. The van der Waals surface area contributed by atoms with Gasteiger partial charge in [0.1, 0.15) is 11.2 Å². The zero-order chi connectivity index (χ0) is 104. The van der Waals surface area contributed by atoms with Crippen LogP contribution in [0, 0.1) is 12.8 Å². The van der Waals surface area contributed by atoms with E-state index in [1.54, 1.807) is 0 Å². The van der Waals surface area contributed by atoms with Crippen molar-refractivity contribution >= 4 is 209 Å². The molecule has 0 saturated heterocycles. The van der Waals surface area contributed by atoms with Gasteiger partial charge in [0.15, 0.2) is 0 Å². The van der Waals surface area contributed by atoms with E-state index in [4.69, 9.17) is 4.42 Å². The predicted molar refractivity (Wildman–Crippen MR) is 642 cm³/mol. The molecule has 1 atom stereocenters. The van der Waals surface area contributed by atoms with Crippen LogP contribution in [-0.4, -0.2) is 13.4 Å². The lowest BCUT2D eigenvalue weighted by atomic mass is 9.33. The smallest absolute Gasteiger partial charge is 0.254 e. The number of benzene rings is 12. The van der Waals surface area contributed by atoms with E-state index in [2.05, 4.69) is 453 Å². The van der Waals surface area contributed by atoms with Crippen molar-refractivity contribution in [3.8, 4) is 0 Å². The van der Waals surface area contributed by atoms with Gasteiger partial charge in [0.25, 0.3) is 13.4 Å². The minimum Gasteiger partial charge on any atom is -0.456 e. The van der Waals surface area contributed by atoms with E-state index < -0.39 is 5.41 Å². The molecule has 0 N–H and O–H groups in total. The lowest BCUT2D eigenvalue weighted by molar-refractivity contribution is 0.173. The molecule has 16 aromatic rings. The first-order valence-corrected chi connectivity index (χ1v) is 58.5. The summed E-state index contributed by atoms with van der Waals surface area (Å²) < 4.78 is 12.9. The summed E-state index contributed by atoms with van der Waals surface area (Å²) in [4.78, 5) is 11.4. The molecule has 0 amide bonds. The third kappa shape index (κ3) is 13.8. The zero-order valence-electron chi connectivity index (χ0n) is 94.5. The SMILES string of the molecule is Cc1cc2c3c(c1)N(c1cccc4sc5ccc(C(C)(C)C)cc5c14)c1cc4c(cc1B3c1c(sc3cc5c(cc13)C(C)(C)C(CC(C)(C)c1cc3c6c(c1)N(c1ccc(C(C)(C)C)c7oc8ccccc8c17)c1cc7c(cc1B6c1c(sc6cc8c(cc16)C(C)(C)CCC8(C)C)N3c1ccc3c(c1)C(C)(C)CCC3(C)C)C(C)(C)CCC7(C)C)CC5(C)C)N2c1ccc2c(c1)C(C)(C)CCC2(C)C)C(C)(C)CCC4(C)C. The molecular formula is C137H154B2N4OS3. The Labute approximate surface area is 890 Å². The highest BCUT2D eigenvalue weighted by molar-refractivity contribution is 7.28. The van der Waals surface area contributed by atoms with Gasteiger partial charge in [-0.15, -0.1) is 34.0 Å². The summed E-state index contributed by atoms with van der Waals surface area (Å²) in [5.74, 6) is 0.250. The van der Waals surface area contributed by atoms with Crippen LogP contribution in [0.3, 0.4) is 0 Å². The van der Waals surface area contributed by atoms with Crippen LogP contribution < -0.4 is 52.4 Å². The Bertz CT molecular complexity index is 8500. The van der Waals surface area contributed by atoms with Gasteiger partial charge in [-0.1, -0.05) is 282 Å². The van der Waals surface area contributed by atoms with Gasteiger partial charge in [0, 0.05) is 86.0 Å². The first-order valence-electron chi connectivity index (χ1n) is 56.0. The van der Waals surface area contributed by atoms with Gasteiger partial charge >= 0.3 is 0 Å². The first-order chi connectivity index (χ1) is 68.7. The molecule has 4 aliphatic heterocycles. The molecule has 26 rings (SSSR count). The molecule has 1 unspecified atom stereocenters. The number of hydrogen-bond acceptors (Lipinski definition) is 8. The van der Waals surface area contributed by atoms with E-state index in [1.165, 1.54) is 241 Å². The average Bonchev–Trinajstić information content (AvgIpc) is 1.63. The molecule has 10 aliphatic rings. The maximum Gasteiger partial charge on any atom is 0.254 e. The van der Waals surface area contributed by atoms with E-state index in [0.29, 0.717) is 0 Å². The van der Waals surface area contributed by atoms with Crippen molar-refractivity contribution in [1.29, 1.82) is 0 Å². The topological polar surface area (TPSA) is 26.1 Å². The van der Waals surface area contributed by atoms with Gasteiger partial charge in [-0.05, 0) is 419 Å². The lowest BCUT2D eigenvalue weighted by Crippen LogP contribution is -2.61. The van der Waals surface area contributed by atoms with Crippen molar-refractivity contribution in [2.45, 2.75) is 387 Å². The van der Waals surface area contributed by atoms with Crippen LogP contribution in [0.25, 0.3) is 62.3 Å². The molecule has 12 aromatic carbocycles. The van der Waals surface area contributed by atoms with Gasteiger partial charge in [-0.2, -0.15) is 0 Å². The molecule has 147 heavy (non-hydrogen) atoms. The highest BCUT2D eigenvalue weighted by atomic mass is 32.1. The fourth-order valence-corrected chi connectivity index (χ4v) is 34.4. The normalized spacial score (nSPS) is 21.1. The van der Waals surface area contributed by atoms with Crippen molar-refractivity contribution in [2.24, 2.45) is 5.92 Å². The van der Waals surface area contributed by atoms with Crippen LogP contribution in [0.15, 0.2) is 186 Å². The second-order valence-electron chi connectivity index (χ2n) is 58.5. The summed E-state index contributed by atoms with van der Waals surface area (Å²) in [6, 6.07) is 77.3. The number of aryl methyl sites for hydroxylation is 1. The molecule has 0 radical (unpaired) electrons. The second kappa shape index (κ2) is 30.5. The molecule has 0 bridgehead atoms. The number of hydrogen-bond donors (Lipinski definition) is 0. The molecule has 5 nitrogen and oxygen atoms in total. The third-order valence-corrected chi connectivity index (χ3v) is 44.1. The molecule has 0 fully saturated rings. The fraction of sp³-hybridized carbons (Fsp3) is 0.445. The average molecular weight is 1990 g/mol. The number of rotatable bonds is 7. The Morgan fingerprint density at radius 1 is 0.299 bits per heavy atom. The van der Waals surface area contributed by atoms with Crippen LogP contribution >= 0.6 is 34.0 Å². The molecule has 0 spiro atoms. The van der Waals surface area contributed by atoms with Gasteiger partial charge in [-0.3, -0.25) is 0 Å². The van der Waals surface area contributed by atoms with E-state index in [1.807, 2.05) is 11.3 Å². The first kappa shape index (κ1) is 96.5. The monoisotopic (exact) mass is 1990 g/mol. The van der Waals surface area contributed by atoms with E-state index in [-0.39, 0.29) is 95.2 Å². The summed E-state index contributed by atoms with van der Waals surface area (Å²) in [6.07, 6.45) is 13.4. The summed E-state index contributed by atoms with van der Waals surface area (Å²) in [6.45, 7) is 83.2. The fourth-order valence-electron chi connectivity index (χ4n) is 30.7. The van der Waals surface area contributed by atoms with Gasteiger partial charge < -0.3 is 24.0 Å². The van der Waals surface area contributed by atoms with Crippen LogP contribution in [0.5, 0.6) is 0 Å². The summed E-state index contributed by atoms with van der Waals surface area (Å²) in [5, 5.41) is 10.6. The Hall–Kier alpha value is -10.1. The van der Waals surface area contributed by atoms with Crippen LogP contribution in [0.1, 0.15) is 388 Å². The molecule has 0 saturated carbocycles. The standard InChI is InChI=1S/C137H154B2N4OS3/c1-76-59-105-118-106(60-76)142(101-38-36-40-111-114(101)83-61-77(123(2,3)4)41-48-110(83)145-111)103-70-94-92(130(18,19)54-56-132(94,22)23)68-99(103)138(118)117-85-67-98-97(73-113(85)147-121(117)140(105)80-42-44-86-89(64-80)127(12,13)51-49-125(86,8)9)136(30,31)75-79(137(98,32)33)74-135(28,29)78-62-107-119-108(63-78)143(102-47-46-88(124(5,6)7)120-115(102)82-37-34-35-39-109(82)144-120)104-71-95-93(131(20,21)55-57-133(95,24)25)69-100(104)139(119)116-84-66-91-96(134(26,27)58-53-129(91,16)17)72-112(84)146-122(116)141(107)81-43-45-87-90(65-81)128(14,15)52-50-126(87,10)11/h34-48,59-73,79H,49-58,74-75H2,1-33H3. The number of anilines is 12. The number of para-hydroxylation sites is 1. The summed E-state index contributed by atoms with van der Waals surface area (Å²) in [7, 11) is 0. The Morgan fingerprint density at radius 2 is 0.714 bits per heavy atom. The quantitative estimate of drug-likeness (QED) is 0.148.